The van der Waals surface area contributed by atoms with E-state index < -0.39 is 22.6 Å². The standard InChI is InChI=1S/C19H28N2O6S/c1-4-21(5-2)28(24,25)17-12-14(10-11-16(17)26-3)19(23)27-13-18(22)20-15-8-6-7-9-15/h10-12,15H,4-9,13H2,1-3H3,(H,20,22). The highest BCUT2D eigenvalue weighted by atomic mass is 32.2. The fraction of sp³-hybridized carbons (Fsp3) is 0.579. The largest absolute Gasteiger partial charge is 0.495 e. The van der Waals surface area contributed by atoms with Gasteiger partial charge in [0, 0.05) is 19.1 Å². The van der Waals surface area contributed by atoms with E-state index in [4.69, 9.17) is 9.47 Å². The molecule has 0 radical (unpaired) electrons. The summed E-state index contributed by atoms with van der Waals surface area (Å²) in [6.45, 7) is 3.64. The van der Waals surface area contributed by atoms with Crippen LogP contribution in [0.15, 0.2) is 23.1 Å². The summed E-state index contributed by atoms with van der Waals surface area (Å²) in [5.41, 5.74) is 0.0418. The van der Waals surface area contributed by atoms with Gasteiger partial charge in [-0.2, -0.15) is 4.31 Å². The van der Waals surface area contributed by atoms with E-state index in [-0.39, 0.29) is 41.2 Å². The first kappa shape index (κ1) is 22.2. The molecule has 0 spiro atoms. The van der Waals surface area contributed by atoms with Gasteiger partial charge in [-0.05, 0) is 31.0 Å². The Morgan fingerprint density at radius 1 is 1.18 bits per heavy atom. The molecule has 0 bridgehead atoms. The molecule has 28 heavy (non-hydrogen) atoms. The highest BCUT2D eigenvalue weighted by Gasteiger charge is 2.27. The molecule has 0 atom stereocenters. The Bertz CT molecular complexity index is 799. The van der Waals surface area contributed by atoms with Crippen LogP contribution in [0.1, 0.15) is 49.9 Å². The van der Waals surface area contributed by atoms with Crippen molar-refractivity contribution in [2.75, 3.05) is 26.8 Å². The fourth-order valence-electron chi connectivity index (χ4n) is 3.26. The van der Waals surface area contributed by atoms with E-state index in [1.807, 2.05) is 0 Å². The van der Waals surface area contributed by atoms with E-state index in [0.29, 0.717) is 0 Å². The van der Waals surface area contributed by atoms with E-state index in [2.05, 4.69) is 5.32 Å². The summed E-state index contributed by atoms with van der Waals surface area (Å²) in [5, 5.41) is 2.83. The number of carbonyl (C=O) groups is 2. The van der Waals surface area contributed by atoms with Crippen molar-refractivity contribution in [3.63, 3.8) is 0 Å². The van der Waals surface area contributed by atoms with Gasteiger partial charge < -0.3 is 14.8 Å². The first-order valence-corrected chi connectivity index (χ1v) is 10.9. The quantitative estimate of drug-likeness (QED) is 0.622. The van der Waals surface area contributed by atoms with Crippen molar-refractivity contribution in [2.24, 2.45) is 0 Å². The third-order valence-corrected chi connectivity index (χ3v) is 6.85. The number of amides is 1. The van der Waals surface area contributed by atoms with E-state index >= 15 is 0 Å². The first-order chi connectivity index (χ1) is 13.3. The van der Waals surface area contributed by atoms with Gasteiger partial charge in [0.25, 0.3) is 5.91 Å². The van der Waals surface area contributed by atoms with Crippen LogP contribution in [0.5, 0.6) is 5.75 Å². The topological polar surface area (TPSA) is 102 Å². The number of benzene rings is 1. The van der Waals surface area contributed by atoms with Gasteiger partial charge in [0.2, 0.25) is 10.0 Å². The maximum absolute atomic E-state index is 12.8. The number of rotatable bonds is 9. The summed E-state index contributed by atoms with van der Waals surface area (Å²) >= 11 is 0. The molecule has 1 aliphatic carbocycles. The Morgan fingerprint density at radius 3 is 2.39 bits per heavy atom. The second-order valence-corrected chi connectivity index (χ2v) is 8.49. The van der Waals surface area contributed by atoms with E-state index in [1.54, 1.807) is 13.8 Å². The summed E-state index contributed by atoms with van der Waals surface area (Å²) in [4.78, 5) is 24.1. The lowest BCUT2D eigenvalue weighted by Crippen LogP contribution is -2.36. The molecule has 9 heteroatoms. The van der Waals surface area contributed by atoms with Crippen molar-refractivity contribution in [3.05, 3.63) is 23.8 Å². The highest BCUT2D eigenvalue weighted by Crippen LogP contribution is 2.28. The summed E-state index contributed by atoms with van der Waals surface area (Å²) in [6, 6.07) is 4.19. The number of esters is 1. The molecule has 1 fully saturated rings. The van der Waals surface area contributed by atoms with Crippen LogP contribution in [0, 0.1) is 0 Å². The molecule has 1 aromatic rings. The zero-order chi connectivity index (χ0) is 20.7. The van der Waals surface area contributed by atoms with Gasteiger partial charge in [0.15, 0.2) is 6.61 Å². The van der Waals surface area contributed by atoms with Crippen LogP contribution in [0.3, 0.4) is 0 Å². The Morgan fingerprint density at radius 2 is 1.82 bits per heavy atom. The van der Waals surface area contributed by atoms with Gasteiger partial charge in [-0.25, -0.2) is 13.2 Å². The number of nitrogens with one attached hydrogen (secondary N) is 1. The molecule has 1 N–H and O–H groups in total. The van der Waals surface area contributed by atoms with Crippen molar-refractivity contribution < 1.29 is 27.5 Å². The van der Waals surface area contributed by atoms with Crippen molar-refractivity contribution in [1.82, 2.24) is 9.62 Å². The minimum Gasteiger partial charge on any atom is -0.495 e. The van der Waals surface area contributed by atoms with Crippen LogP contribution in [-0.2, 0) is 19.6 Å². The predicted octanol–water partition coefficient (Wildman–Crippen LogP) is 1.94. The molecule has 1 amide bonds. The molecule has 1 aliphatic rings. The molecule has 156 valence electrons. The SMILES string of the molecule is CCN(CC)S(=O)(=O)c1cc(C(=O)OCC(=O)NC2CCCC2)ccc1OC. The van der Waals surface area contributed by atoms with Gasteiger partial charge in [0.05, 0.1) is 12.7 Å². The molecule has 1 aromatic carbocycles. The maximum atomic E-state index is 12.8. The highest BCUT2D eigenvalue weighted by molar-refractivity contribution is 7.89. The maximum Gasteiger partial charge on any atom is 0.338 e. The second kappa shape index (κ2) is 9.88. The number of carbonyl (C=O) groups excluding carboxylic acids is 2. The number of ether oxygens (including phenoxy) is 2. The monoisotopic (exact) mass is 412 g/mol. The van der Waals surface area contributed by atoms with Gasteiger partial charge in [-0.15, -0.1) is 0 Å². The zero-order valence-electron chi connectivity index (χ0n) is 16.6. The normalized spacial score (nSPS) is 14.9. The van der Waals surface area contributed by atoms with E-state index in [9.17, 15) is 18.0 Å². The van der Waals surface area contributed by atoms with E-state index in [0.717, 1.165) is 25.7 Å². The van der Waals surface area contributed by atoms with Gasteiger partial charge >= 0.3 is 5.97 Å². The Labute approximate surface area is 166 Å². The third kappa shape index (κ3) is 5.23. The average Bonchev–Trinajstić information content (AvgIpc) is 3.19. The first-order valence-electron chi connectivity index (χ1n) is 9.48. The van der Waals surface area contributed by atoms with Crippen LogP contribution in [-0.4, -0.2) is 57.4 Å². The third-order valence-electron chi connectivity index (χ3n) is 4.78. The predicted molar refractivity (Wildman–Crippen MR) is 104 cm³/mol. The number of hydrogen-bond acceptors (Lipinski definition) is 6. The Balaban J connectivity index is 2.12. The van der Waals surface area contributed by atoms with Crippen LogP contribution in [0.25, 0.3) is 0 Å². The lowest BCUT2D eigenvalue weighted by atomic mass is 10.2. The minimum absolute atomic E-state index is 0.0418. The molecular weight excluding hydrogens is 384 g/mol. The zero-order valence-corrected chi connectivity index (χ0v) is 17.4. The average molecular weight is 413 g/mol. The van der Waals surface area contributed by atoms with Gasteiger partial charge in [-0.3, -0.25) is 4.79 Å². The minimum atomic E-state index is -3.83. The van der Waals surface area contributed by atoms with E-state index in [1.165, 1.54) is 29.6 Å². The number of methoxy groups -OCH3 is 1. The summed E-state index contributed by atoms with van der Waals surface area (Å²) in [6.07, 6.45) is 4.04. The van der Waals surface area contributed by atoms with Gasteiger partial charge in [-0.1, -0.05) is 26.7 Å². The second-order valence-electron chi connectivity index (χ2n) is 6.58. The molecular formula is C19H28N2O6S. The van der Waals surface area contributed by atoms with Crippen LogP contribution < -0.4 is 10.1 Å². The molecule has 0 saturated heterocycles. The number of nitrogens with zero attached hydrogens (tertiary/aromatic N) is 1. The summed E-state index contributed by atoms with van der Waals surface area (Å²) < 4.78 is 37.2. The number of sulfonamides is 1. The lowest BCUT2D eigenvalue weighted by Gasteiger charge is -2.20. The lowest BCUT2D eigenvalue weighted by molar-refractivity contribution is -0.124. The molecule has 0 heterocycles. The molecule has 0 aliphatic heterocycles. The summed E-state index contributed by atoms with van der Waals surface area (Å²) in [7, 11) is -2.46. The Hall–Kier alpha value is -2.13. The smallest absolute Gasteiger partial charge is 0.338 e. The number of hydrogen-bond donors (Lipinski definition) is 1. The van der Waals surface area contributed by atoms with Crippen molar-refractivity contribution >= 4 is 21.9 Å². The van der Waals surface area contributed by atoms with Crippen molar-refractivity contribution in [2.45, 2.75) is 50.5 Å². The molecule has 8 nitrogen and oxygen atoms in total. The molecule has 2 rings (SSSR count). The van der Waals surface area contributed by atoms with Crippen LogP contribution >= 0.6 is 0 Å². The summed E-state index contributed by atoms with van der Waals surface area (Å²) in [5.74, 6) is -0.979. The van der Waals surface area contributed by atoms with Crippen LogP contribution in [0.4, 0.5) is 0 Å². The Kier molecular flexibility index (Phi) is 7.82. The molecule has 0 unspecified atom stereocenters. The van der Waals surface area contributed by atoms with Crippen LogP contribution in [0.2, 0.25) is 0 Å². The fourth-order valence-corrected chi connectivity index (χ4v) is 4.90. The van der Waals surface area contributed by atoms with Crippen molar-refractivity contribution in [1.29, 1.82) is 0 Å². The van der Waals surface area contributed by atoms with Crippen molar-refractivity contribution in [3.8, 4) is 5.75 Å². The molecule has 0 aromatic heterocycles. The molecule has 1 saturated carbocycles. The van der Waals surface area contributed by atoms with Gasteiger partial charge in [0.1, 0.15) is 10.6 Å².